The number of anilines is 3. The standard InChI is InChI=1S/C21H17ClN8S/c1-29-10-9-24-21(29)31-17-8-7-13(11-15(17)22)16-12-25-18(19-27-20(23)28-30(16)19)26-14-5-3-2-4-6-14/h2-12H,1H3,(H2,23,28)(H,25,26). The van der Waals surface area contributed by atoms with Crippen LogP contribution in [-0.2, 0) is 7.05 Å². The van der Waals surface area contributed by atoms with Gasteiger partial charge < -0.3 is 15.6 Å². The van der Waals surface area contributed by atoms with Crippen LogP contribution in [0.15, 0.2) is 77.2 Å². The Kier molecular flexibility index (Phi) is 4.97. The Hall–Kier alpha value is -3.56. The summed E-state index contributed by atoms with van der Waals surface area (Å²) in [5.74, 6) is 0.727. The predicted molar refractivity (Wildman–Crippen MR) is 123 cm³/mol. The molecule has 0 aliphatic carbocycles. The van der Waals surface area contributed by atoms with Crippen molar-refractivity contribution in [3.8, 4) is 11.3 Å². The number of nitrogens with one attached hydrogen (secondary N) is 1. The molecule has 0 spiro atoms. The van der Waals surface area contributed by atoms with Gasteiger partial charge in [-0.3, -0.25) is 0 Å². The van der Waals surface area contributed by atoms with Gasteiger partial charge in [-0.15, -0.1) is 5.10 Å². The fourth-order valence-electron chi connectivity index (χ4n) is 3.12. The van der Waals surface area contributed by atoms with Gasteiger partial charge in [0.25, 0.3) is 0 Å². The van der Waals surface area contributed by atoms with Crippen molar-refractivity contribution in [3.63, 3.8) is 0 Å². The number of rotatable bonds is 5. The highest BCUT2D eigenvalue weighted by molar-refractivity contribution is 7.99. The van der Waals surface area contributed by atoms with Crippen LogP contribution in [0.25, 0.3) is 16.9 Å². The lowest BCUT2D eigenvalue weighted by Crippen LogP contribution is -2.02. The van der Waals surface area contributed by atoms with Crippen molar-refractivity contribution in [1.29, 1.82) is 0 Å². The van der Waals surface area contributed by atoms with Crippen LogP contribution in [0.1, 0.15) is 0 Å². The molecule has 0 unspecified atom stereocenters. The Morgan fingerprint density at radius 3 is 2.68 bits per heavy atom. The zero-order chi connectivity index (χ0) is 21.4. The first-order valence-corrected chi connectivity index (χ1v) is 10.6. The SMILES string of the molecule is Cn1ccnc1Sc1ccc(-c2cnc(Nc3ccccc3)c3nc(N)nn23)cc1Cl. The first-order chi connectivity index (χ1) is 15.1. The van der Waals surface area contributed by atoms with Gasteiger partial charge in [-0.2, -0.15) is 4.98 Å². The van der Waals surface area contributed by atoms with Gasteiger partial charge in [0.05, 0.1) is 16.9 Å². The van der Waals surface area contributed by atoms with Gasteiger partial charge in [-0.05, 0) is 24.3 Å². The molecule has 8 nitrogen and oxygen atoms in total. The summed E-state index contributed by atoms with van der Waals surface area (Å²) < 4.78 is 3.61. The fraction of sp³-hybridized carbons (Fsp3) is 0.0476. The minimum Gasteiger partial charge on any atom is -0.366 e. The van der Waals surface area contributed by atoms with Crippen molar-refractivity contribution in [2.24, 2.45) is 7.05 Å². The third-order valence-corrected chi connectivity index (χ3v) is 6.20. The number of para-hydroxylation sites is 1. The van der Waals surface area contributed by atoms with Crippen LogP contribution in [0.4, 0.5) is 17.5 Å². The summed E-state index contributed by atoms with van der Waals surface area (Å²) in [6.07, 6.45) is 5.38. The quantitative estimate of drug-likeness (QED) is 0.403. The molecule has 5 rings (SSSR count). The van der Waals surface area contributed by atoms with Gasteiger partial charge in [0.2, 0.25) is 11.6 Å². The molecule has 3 N–H and O–H groups in total. The molecule has 0 saturated heterocycles. The van der Waals surface area contributed by atoms with Crippen molar-refractivity contribution in [1.82, 2.24) is 29.1 Å². The van der Waals surface area contributed by atoms with Gasteiger partial charge in [0.15, 0.2) is 11.0 Å². The van der Waals surface area contributed by atoms with Gasteiger partial charge in [0.1, 0.15) is 0 Å². The van der Waals surface area contributed by atoms with E-state index in [9.17, 15) is 0 Å². The maximum absolute atomic E-state index is 6.58. The molecule has 3 heterocycles. The molecule has 0 amide bonds. The monoisotopic (exact) mass is 448 g/mol. The highest BCUT2D eigenvalue weighted by Crippen LogP contribution is 2.35. The minimum atomic E-state index is 0.165. The molecule has 3 aromatic heterocycles. The Morgan fingerprint density at radius 2 is 1.94 bits per heavy atom. The van der Waals surface area contributed by atoms with E-state index in [1.807, 2.05) is 66.3 Å². The molecule has 5 aromatic rings. The minimum absolute atomic E-state index is 0.165. The number of hydrogen-bond donors (Lipinski definition) is 2. The van der Waals surface area contributed by atoms with E-state index in [2.05, 4.69) is 25.4 Å². The van der Waals surface area contributed by atoms with Crippen molar-refractivity contribution >= 4 is 46.5 Å². The van der Waals surface area contributed by atoms with Crippen molar-refractivity contribution in [2.45, 2.75) is 10.1 Å². The number of nitrogen functional groups attached to an aromatic ring is 1. The molecule has 0 fully saturated rings. The maximum Gasteiger partial charge on any atom is 0.240 e. The fourth-order valence-corrected chi connectivity index (χ4v) is 4.23. The van der Waals surface area contributed by atoms with E-state index in [-0.39, 0.29) is 5.95 Å². The molecule has 2 aromatic carbocycles. The number of halogens is 1. The summed E-state index contributed by atoms with van der Waals surface area (Å²) in [7, 11) is 1.94. The molecular weight excluding hydrogens is 432 g/mol. The van der Waals surface area contributed by atoms with Crippen LogP contribution in [0.5, 0.6) is 0 Å². The summed E-state index contributed by atoms with van der Waals surface area (Å²) in [5.41, 5.74) is 8.91. The van der Waals surface area contributed by atoms with Crippen LogP contribution in [0, 0.1) is 0 Å². The van der Waals surface area contributed by atoms with E-state index in [0.717, 1.165) is 27.0 Å². The van der Waals surface area contributed by atoms with Crippen LogP contribution >= 0.6 is 23.4 Å². The average molecular weight is 449 g/mol. The molecule has 0 aliphatic rings. The van der Waals surface area contributed by atoms with Crippen molar-refractivity contribution in [3.05, 3.63) is 72.1 Å². The molecule has 31 heavy (non-hydrogen) atoms. The lowest BCUT2D eigenvalue weighted by molar-refractivity contribution is 0.790. The molecular formula is C21H17ClN8S. The smallest absolute Gasteiger partial charge is 0.240 e. The number of aryl methyl sites for hydroxylation is 1. The molecule has 0 aliphatic heterocycles. The van der Waals surface area contributed by atoms with Crippen LogP contribution in [0.2, 0.25) is 5.02 Å². The normalized spacial score (nSPS) is 11.2. The summed E-state index contributed by atoms with van der Waals surface area (Å²) in [4.78, 5) is 14.2. The van der Waals surface area contributed by atoms with E-state index in [1.165, 1.54) is 11.8 Å². The molecule has 0 bridgehead atoms. The third-order valence-electron chi connectivity index (χ3n) is 4.62. The number of nitrogens with zero attached hydrogens (tertiary/aromatic N) is 6. The summed E-state index contributed by atoms with van der Waals surface area (Å²) >= 11 is 8.09. The second-order valence-corrected chi connectivity index (χ2v) is 8.17. The van der Waals surface area contributed by atoms with Crippen LogP contribution in [-0.4, -0.2) is 29.1 Å². The van der Waals surface area contributed by atoms with Crippen LogP contribution in [0.3, 0.4) is 0 Å². The van der Waals surface area contributed by atoms with E-state index in [1.54, 1.807) is 16.9 Å². The highest BCUT2D eigenvalue weighted by atomic mass is 35.5. The van der Waals surface area contributed by atoms with Gasteiger partial charge in [0, 0.05) is 35.6 Å². The van der Waals surface area contributed by atoms with Gasteiger partial charge >= 0.3 is 0 Å². The Bertz CT molecular complexity index is 1380. The molecule has 0 radical (unpaired) electrons. The second-order valence-electron chi connectivity index (χ2n) is 6.76. The number of hydrogen-bond acceptors (Lipinski definition) is 7. The number of nitrogens with two attached hydrogens (primary N) is 1. The largest absolute Gasteiger partial charge is 0.366 e. The summed E-state index contributed by atoms with van der Waals surface area (Å²) in [6.45, 7) is 0. The topological polar surface area (TPSA) is 99.0 Å². The first kappa shape index (κ1) is 19.4. The van der Waals surface area contributed by atoms with Crippen molar-refractivity contribution < 1.29 is 0 Å². The number of aromatic nitrogens is 6. The Labute approximate surface area is 187 Å². The number of fused-ring (bicyclic) bond motifs is 1. The van der Waals surface area contributed by atoms with E-state index < -0.39 is 0 Å². The second kappa shape index (κ2) is 7.93. The lowest BCUT2D eigenvalue weighted by atomic mass is 10.1. The zero-order valence-electron chi connectivity index (χ0n) is 16.4. The van der Waals surface area contributed by atoms with Crippen molar-refractivity contribution in [2.75, 3.05) is 11.1 Å². The third kappa shape index (κ3) is 3.80. The average Bonchev–Trinajstić information content (AvgIpc) is 3.36. The van der Waals surface area contributed by atoms with E-state index >= 15 is 0 Å². The molecule has 0 atom stereocenters. The summed E-state index contributed by atoms with van der Waals surface area (Å²) in [6, 6.07) is 15.5. The zero-order valence-corrected chi connectivity index (χ0v) is 18.0. The maximum atomic E-state index is 6.58. The Morgan fingerprint density at radius 1 is 1.10 bits per heavy atom. The van der Waals surface area contributed by atoms with Crippen LogP contribution < -0.4 is 11.1 Å². The Balaban J connectivity index is 1.52. The lowest BCUT2D eigenvalue weighted by Gasteiger charge is -2.11. The highest BCUT2D eigenvalue weighted by Gasteiger charge is 2.15. The van der Waals surface area contributed by atoms with E-state index in [4.69, 9.17) is 17.3 Å². The first-order valence-electron chi connectivity index (χ1n) is 9.37. The van der Waals surface area contributed by atoms with E-state index in [0.29, 0.717) is 16.5 Å². The molecule has 10 heteroatoms. The number of benzene rings is 2. The number of imidazole rings is 1. The van der Waals surface area contributed by atoms with Gasteiger partial charge in [-0.25, -0.2) is 14.5 Å². The predicted octanol–water partition coefficient (Wildman–Crippen LogP) is 4.66. The summed E-state index contributed by atoms with van der Waals surface area (Å²) in [5, 5.41) is 9.09. The van der Waals surface area contributed by atoms with Gasteiger partial charge in [-0.1, -0.05) is 47.6 Å². The molecule has 154 valence electrons. The molecule has 0 saturated carbocycles.